The third-order valence-electron chi connectivity index (χ3n) is 6.60. The second-order valence-electron chi connectivity index (χ2n) is 12.6. The predicted molar refractivity (Wildman–Crippen MR) is 126 cm³/mol. The molecule has 1 saturated carbocycles. The zero-order valence-corrected chi connectivity index (χ0v) is 21.9. The number of likely N-dealkylation sites (N-methyl/N-ethyl adjacent to an activating group) is 1. The number of nitrogens with zero attached hydrogens (tertiary/aromatic N) is 3. The van der Waals surface area contributed by atoms with Gasteiger partial charge in [-0.3, -0.25) is 14.5 Å². The Hall–Kier alpha value is -1.79. The van der Waals surface area contributed by atoms with Gasteiger partial charge in [-0.2, -0.15) is 0 Å². The van der Waals surface area contributed by atoms with Crippen molar-refractivity contribution in [2.24, 2.45) is 10.8 Å². The molecule has 0 aromatic carbocycles. The molecule has 1 heterocycles. The van der Waals surface area contributed by atoms with E-state index in [-0.39, 0.29) is 29.3 Å². The van der Waals surface area contributed by atoms with E-state index in [0.29, 0.717) is 13.0 Å². The van der Waals surface area contributed by atoms with Crippen LogP contribution in [0.15, 0.2) is 0 Å². The van der Waals surface area contributed by atoms with E-state index in [1.807, 2.05) is 46.4 Å². The number of ether oxygens (including phenoxy) is 1. The van der Waals surface area contributed by atoms with E-state index in [2.05, 4.69) is 13.8 Å². The first-order chi connectivity index (χ1) is 14.4. The maximum atomic E-state index is 13.6. The van der Waals surface area contributed by atoms with Crippen LogP contribution in [0.5, 0.6) is 0 Å². The summed E-state index contributed by atoms with van der Waals surface area (Å²) >= 11 is 0. The fourth-order valence-corrected chi connectivity index (χ4v) is 4.75. The molecule has 2 aliphatic rings. The second kappa shape index (κ2) is 9.22. The highest BCUT2D eigenvalue weighted by Crippen LogP contribution is 2.40. The SMILES string of the molecule is CN(C)C(=O)[C@@H]1C[C@H](N(C(=O)C(C)(C)C)C2CCC(C)(C)CC2)CN1C(=O)OC(C)(C)C. The van der Waals surface area contributed by atoms with Crippen LogP contribution in [0.1, 0.15) is 87.5 Å². The minimum Gasteiger partial charge on any atom is -0.444 e. The van der Waals surface area contributed by atoms with Gasteiger partial charge in [-0.05, 0) is 58.3 Å². The largest absolute Gasteiger partial charge is 0.444 e. The van der Waals surface area contributed by atoms with E-state index in [1.165, 1.54) is 9.80 Å². The smallest absolute Gasteiger partial charge is 0.411 e. The van der Waals surface area contributed by atoms with Crippen molar-refractivity contribution in [3.05, 3.63) is 0 Å². The van der Waals surface area contributed by atoms with Gasteiger partial charge in [0.05, 0.1) is 6.04 Å². The molecule has 0 N–H and O–H groups in total. The zero-order valence-electron chi connectivity index (χ0n) is 21.9. The molecule has 1 saturated heterocycles. The predicted octanol–water partition coefficient (Wildman–Crippen LogP) is 4.30. The fourth-order valence-electron chi connectivity index (χ4n) is 4.75. The Balaban J connectivity index is 2.37. The minimum atomic E-state index is -0.656. The average Bonchev–Trinajstić information content (AvgIpc) is 3.05. The lowest BCUT2D eigenvalue weighted by Crippen LogP contribution is -2.53. The quantitative estimate of drug-likeness (QED) is 0.642. The van der Waals surface area contributed by atoms with E-state index in [0.717, 1.165) is 25.7 Å². The fraction of sp³-hybridized carbons (Fsp3) is 0.880. The van der Waals surface area contributed by atoms with Crippen molar-refractivity contribution >= 4 is 17.9 Å². The van der Waals surface area contributed by atoms with Crippen LogP contribution in [-0.2, 0) is 14.3 Å². The number of hydrogen-bond donors (Lipinski definition) is 0. The highest BCUT2D eigenvalue weighted by atomic mass is 16.6. The van der Waals surface area contributed by atoms with Gasteiger partial charge in [0.15, 0.2) is 0 Å². The summed E-state index contributed by atoms with van der Waals surface area (Å²) < 4.78 is 5.62. The van der Waals surface area contributed by atoms with Crippen molar-refractivity contribution < 1.29 is 19.1 Å². The number of hydrogen-bond acceptors (Lipinski definition) is 4. The molecule has 2 rings (SSSR count). The Morgan fingerprint density at radius 1 is 0.938 bits per heavy atom. The Bertz CT molecular complexity index is 708. The summed E-state index contributed by atoms with van der Waals surface area (Å²) in [6.07, 6.45) is 3.97. The maximum absolute atomic E-state index is 13.6. The summed E-state index contributed by atoms with van der Waals surface area (Å²) in [6, 6.07) is -0.692. The summed E-state index contributed by atoms with van der Waals surface area (Å²) in [5.74, 6) is -0.0411. The number of likely N-dealkylation sites (tertiary alicyclic amines) is 1. The van der Waals surface area contributed by atoms with Gasteiger partial charge in [-0.15, -0.1) is 0 Å². The Kier molecular flexibility index (Phi) is 7.62. The second-order valence-corrected chi connectivity index (χ2v) is 12.6. The normalized spacial score (nSPS) is 24.2. The minimum absolute atomic E-state index is 0.0919. The Morgan fingerprint density at radius 3 is 1.91 bits per heavy atom. The van der Waals surface area contributed by atoms with Gasteiger partial charge in [0, 0.05) is 32.1 Å². The molecular weight excluding hydrogens is 406 g/mol. The van der Waals surface area contributed by atoms with Crippen LogP contribution in [0.2, 0.25) is 0 Å². The van der Waals surface area contributed by atoms with E-state index in [4.69, 9.17) is 4.74 Å². The third-order valence-corrected chi connectivity index (χ3v) is 6.60. The van der Waals surface area contributed by atoms with E-state index in [1.54, 1.807) is 14.1 Å². The van der Waals surface area contributed by atoms with Gasteiger partial charge in [0.1, 0.15) is 11.6 Å². The summed E-state index contributed by atoms with van der Waals surface area (Å²) in [5, 5.41) is 0. The first kappa shape index (κ1) is 26.5. The van der Waals surface area contributed by atoms with Gasteiger partial charge in [0.2, 0.25) is 11.8 Å². The molecule has 0 unspecified atom stereocenters. The molecule has 0 bridgehead atoms. The van der Waals surface area contributed by atoms with Crippen molar-refractivity contribution in [3.63, 3.8) is 0 Å². The van der Waals surface area contributed by atoms with Crippen molar-refractivity contribution in [1.29, 1.82) is 0 Å². The lowest BCUT2D eigenvalue weighted by atomic mass is 9.74. The van der Waals surface area contributed by atoms with Crippen LogP contribution in [0.4, 0.5) is 4.79 Å². The Morgan fingerprint density at radius 2 is 1.47 bits per heavy atom. The summed E-state index contributed by atoms with van der Waals surface area (Å²) in [6.45, 7) is 16.2. The molecule has 1 aliphatic heterocycles. The molecule has 7 nitrogen and oxygen atoms in total. The molecule has 0 aromatic rings. The highest BCUT2D eigenvalue weighted by molar-refractivity contribution is 5.87. The van der Waals surface area contributed by atoms with E-state index in [9.17, 15) is 14.4 Å². The van der Waals surface area contributed by atoms with Crippen molar-refractivity contribution in [2.45, 2.75) is 111 Å². The van der Waals surface area contributed by atoms with Crippen LogP contribution < -0.4 is 0 Å². The molecule has 32 heavy (non-hydrogen) atoms. The lowest BCUT2D eigenvalue weighted by molar-refractivity contribution is -0.146. The number of amides is 3. The molecule has 7 heteroatoms. The highest BCUT2D eigenvalue weighted by Gasteiger charge is 2.48. The van der Waals surface area contributed by atoms with E-state index >= 15 is 0 Å². The monoisotopic (exact) mass is 451 g/mol. The summed E-state index contributed by atoms with van der Waals surface area (Å²) in [5.41, 5.74) is -0.904. The first-order valence-corrected chi connectivity index (χ1v) is 12.0. The zero-order chi connectivity index (χ0) is 24.6. The lowest BCUT2D eigenvalue weighted by Gasteiger charge is -2.45. The van der Waals surface area contributed by atoms with Crippen LogP contribution in [0.3, 0.4) is 0 Å². The van der Waals surface area contributed by atoms with Gasteiger partial charge in [0.25, 0.3) is 0 Å². The van der Waals surface area contributed by atoms with Crippen LogP contribution >= 0.6 is 0 Å². The van der Waals surface area contributed by atoms with Gasteiger partial charge in [-0.25, -0.2) is 4.79 Å². The molecule has 0 radical (unpaired) electrons. The maximum Gasteiger partial charge on any atom is 0.411 e. The molecule has 3 amide bonds. The molecule has 184 valence electrons. The Labute approximate surface area is 194 Å². The standard InChI is InChI=1S/C25H45N3O4/c1-23(2,3)21(30)28(17-11-13-25(7,8)14-12-17)18-15-19(20(29)26(9)10)27(16-18)22(31)32-24(4,5)6/h17-19H,11-16H2,1-10H3/t18-,19-/m0/s1. The molecule has 0 aromatic heterocycles. The van der Waals surface area contributed by atoms with Crippen LogP contribution in [0.25, 0.3) is 0 Å². The number of carbonyl (C=O) groups excluding carboxylic acids is 3. The van der Waals surface area contributed by atoms with Gasteiger partial charge >= 0.3 is 6.09 Å². The van der Waals surface area contributed by atoms with Gasteiger partial charge in [-0.1, -0.05) is 34.6 Å². The van der Waals surface area contributed by atoms with Gasteiger partial charge < -0.3 is 14.5 Å². The molecule has 2 fully saturated rings. The molecule has 1 aliphatic carbocycles. The topological polar surface area (TPSA) is 70.2 Å². The molecule has 0 spiro atoms. The first-order valence-electron chi connectivity index (χ1n) is 12.0. The molecular formula is C25H45N3O4. The van der Waals surface area contributed by atoms with Crippen molar-refractivity contribution in [2.75, 3.05) is 20.6 Å². The average molecular weight is 452 g/mol. The number of carbonyl (C=O) groups is 3. The summed E-state index contributed by atoms with van der Waals surface area (Å²) in [4.78, 5) is 44.7. The van der Waals surface area contributed by atoms with Crippen LogP contribution in [0, 0.1) is 10.8 Å². The number of rotatable bonds is 3. The summed E-state index contributed by atoms with van der Waals surface area (Å²) in [7, 11) is 3.40. The van der Waals surface area contributed by atoms with Crippen molar-refractivity contribution in [3.8, 4) is 0 Å². The third kappa shape index (κ3) is 6.38. The molecule has 2 atom stereocenters. The van der Waals surface area contributed by atoms with E-state index < -0.39 is 23.2 Å². The van der Waals surface area contributed by atoms with Crippen LogP contribution in [-0.4, -0.2) is 77.0 Å². The van der Waals surface area contributed by atoms with Crippen molar-refractivity contribution in [1.82, 2.24) is 14.7 Å².